The monoisotopic (exact) mass is 334 g/mol. The van der Waals surface area contributed by atoms with Gasteiger partial charge in [0.2, 0.25) is 15.9 Å². The van der Waals surface area contributed by atoms with Crippen LogP contribution in [0, 0.1) is 11.6 Å². The Morgan fingerprint density at radius 2 is 1.86 bits per heavy atom. The summed E-state index contributed by atoms with van der Waals surface area (Å²) < 4.78 is 57.3. The van der Waals surface area contributed by atoms with Crippen molar-refractivity contribution >= 4 is 15.9 Å². The number of nitrogens with zero attached hydrogens (tertiary/aromatic N) is 2. The number of methoxy groups -OCH3 is 1. The zero-order valence-corrected chi connectivity index (χ0v) is 12.8. The standard InChI is InChI=1S/C13H16F2N2O4S/c1-21-9-13(18)16-4-6-17(7-5-16)22(19,20)12-8-10(14)2-3-11(12)15/h2-3,8H,4-7,9H2,1H3. The van der Waals surface area contributed by atoms with Gasteiger partial charge in [-0.1, -0.05) is 0 Å². The minimum atomic E-state index is -4.13. The fourth-order valence-corrected chi connectivity index (χ4v) is 3.70. The van der Waals surface area contributed by atoms with Crippen LogP contribution in [0.4, 0.5) is 8.78 Å². The molecule has 0 bridgehead atoms. The Hall–Kier alpha value is -1.58. The lowest BCUT2D eigenvalue weighted by Crippen LogP contribution is -2.51. The first-order valence-electron chi connectivity index (χ1n) is 6.58. The summed E-state index contributed by atoms with van der Waals surface area (Å²) in [5, 5.41) is 0. The van der Waals surface area contributed by atoms with E-state index in [9.17, 15) is 22.0 Å². The number of sulfonamides is 1. The number of amides is 1. The van der Waals surface area contributed by atoms with E-state index in [1.165, 1.54) is 12.0 Å². The van der Waals surface area contributed by atoms with Gasteiger partial charge in [0.05, 0.1) is 0 Å². The van der Waals surface area contributed by atoms with Crippen molar-refractivity contribution in [3.05, 3.63) is 29.8 Å². The summed E-state index contributed by atoms with van der Waals surface area (Å²) in [6.45, 7) is 0.323. The van der Waals surface area contributed by atoms with Crippen LogP contribution >= 0.6 is 0 Å². The molecular weight excluding hydrogens is 318 g/mol. The van der Waals surface area contributed by atoms with Crippen molar-refractivity contribution in [1.82, 2.24) is 9.21 Å². The Morgan fingerprint density at radius 3 is 2.45 bits per heavy atom. The van der Waals surface area contributed by atoms with Gasteiger partial charge < -0.3 is 9.64 Å². The Morgan fingerprint density at radius 1 is 1.23 bits per heavy atom. The van der Waals surface area contributed by atoms with E-state index in [2.05, 4.69) is 0 Å². The average Bonchev–Trinajstić information content (AvgIpc) is 2.50. The molecule has 1 aromatic carbocycles. The van der Waals surface area contributed by atoms with Gasteiger partial charge >= 0.3 is 0 Å². The lowest BCUT2D eigenvalue weighted by Gasteiger charge is -2.33. The van der Waals surface area contributed by atoms with Crippen LogP contribution in [0.15, 0.2) is 23.1 Å². The molecule has 0 saturated carbocycles. The normalized spacial score (nSPS) is 16.8. The molecule has 1 saturated heterocycles. The molecule has 2 rings (SSSR count). The van der Waals surface area contributed by atoms with Gasteiger partial charge in [0.25, 0.3) is 0 Å². The fraction of sp³-hybridized carbons (Fsp3) is 0.462. The van der Waals surface area contributed by atoms with E-state index in [0.29, 0.717) is 6.07 Å². The molecule has 1 aliphatic rings. The van der Waals surface area contributed by atoms with Gasteiger partial charge in [-0.2, -0.15) is 4.31 Å². The molecule has 0 aromatic heterocycles. The van der Waals surface area contributed by atoms with Crippen molar-refractivity contribution < 1.29 is 26.7 Å². The first-order chi connectivity index (χ1) is 10.4. The topological polar surface area (TPSA) is 66.9 Å². The highest BCUT2D eigenvalue weighted by molar-refractivity contribution is 7.89. The first-order valence-corrected chi connectivity index (χ1v) is 8.02. The van der Waals surface area contributed by atoms with Crippen LogP contribution in [0.25, 0.3) is 0 Å². The Balaban J connectivity index is 2.13. The van der Waals surface area contributed by atoms with Crippen molar-refractivity contribution in [2.75, 3.05) is 39.9 Å². The Bertz CT molecular complexity index is 658. The fourth-order valence-electron chi connectivity index (χ4n) is 2.21. The van der Waals surface area contributed by atoms with Crippen LogP contribution in [0.1, 0.15) is 0 Å². The summed E-state index contributed by atoms with van der Waals surface area (Å²) in [5.41, 5.74) is 0. The van der Waals surface area contributed by atoms with Gasteiger partial charge in [-0.3, -0.25) is 4.79 Å². The summed E-state index contributed by atoms with van der Waals surface area (Å²) in [7, 11) is -2.73. The van der Waals surface area contributed by atoms with Crippen molar-refractivity contribution in [2.24, 2.45) is 0 Å². The second-order valence-electron chi connectivity index (χ2n) is 4.79. The number of halogens is 2. The molecule has 1 heterocycles. The second-order valence-corrected chi connectivity index (χ2v) is 6.70. The number of rotatable bonds is 4. The van der Waals surface area contributed by atoms with Crippen LogP contribution in [0.2, 0.25) is 0 Å². The summed E-state index contributed by atoms with van der Waals surface area (Å²) in [6, 6.07) is 2.30. The molecule has 1 fully saturated rings. The summed E-state index contributed by atoms with van der Waals surface area (Å²) >= 11 is 0. The quantitative estimate of drug-likeness (QED) is 0.802. The summed E-state index contributed by atoms with van der Waals surface area (Å²) in [4.78, 5) is 12.4. The van der Waals surface area contributed by atoms with E-state index >= 15 is 0 Å². The number of piperazine rings is 1. The average molecular weight is 334 g/mol. The van der Waals surface area contributed by atoms with Crippen LogP contribution in [0.5, 0.6) is 0 Å². The molecule has 1 amide bonds. The minimum absolute atomic E-state index is 0.0216. The van der Waals surface area contributed by atoms with Gasteiger partial charge in [-0.05, 0) is 18.2 Å². The molecule has 9 heteroatoms. The third kappa shape index (κ3) is 3.42. The van der Waals surface area contributed by atoms with E-state index in [1.807, 2.05) is 0 Å². The van der Waals surface area contributed by atoms with E-state index in [0.717, 1.165) is 16.4 Å². The van der Waals surface area contributed by atoms with Crippen molar-refractivity contribution in [2.45, 2.75) is 4.90 Å². The zero-order chi connectivity index (χ0) is 16.3. The minimum Gasteiger partial charge on any atom is -0.375 e. The SMILES string of the molecule is COCC(=O)N1CCN(S(=O)(=O)c2cc(F)ccc2F)CC1. The van der Waals surface area contributed by atoms with Crippen LogP contribution in [0.3, 0.4) is 0 Å². The lowest BCUT2D eigenvalue weighted by atomic mass is 10.3. The first kappa shape index (κ1) is 16.8. The molecule has 0 unspecified atom stereocenters. The van der Waals surface area contributed by atoms with Gasteiger partial charge in [0, 0.05) is 33.3 Å². The summed E-state index contributed by atoms with van der Waals surface area (Å²) in [5.74, 6) is -2.07. The molecule has 0 spiro atoms. The Labute approximate surface area is 127 Å². The lowest BCUT2D eigenvalue weighted by molar-refractivity contribution is -0.136. The number of ether oxygens (including phenoxy) is 1. The van der Waals surface area contributed by atoms with Crippen LogP contribution in [-0.2, 0) is 19.6 Å². The number of hydrogen-bond acceptors (Lipinski definition) is 4. The van der Waals surface area contributed by atoms with E-state index in [4.69, 9.17) is 4.74 Å². The number of hydrogen-bond donors (Lipinski definition) is 0. The maximum Gasteiger partial charge on any atom is 0.248 e. The summed E-state index contributed by atoms with van der Waals surface area (Å²) in [6.07, 6.45) is 0. The number of carbonyl (C=O) groups is 1. The maximum atomic E-state index is 13.7. The van der Waals surface area contributed by atoms with Gasteiger partial charge in [0.1, 0.15) is 23.1 Å². The van der Waals surface area contributed by atoms with Crippen LogP contribution < -0.4 is 0 Å². The number of carbonyl (C=O) groups excluding carboxylic acids is 1. The third-order valence-corrected chi connectivity index (χ3v) is 5.28. The molecule has 0 radical (unpaired) electrons. The van der Waals surface area contributed by atoms with Crippen molar-refractivity contribution in [3.8, 4) is 0 Å². The van der Waals surface area contributed by atoms with Crippen molar-refractivity contribution in [1.29, 1.82) is 0 Å². The van der Waals surface area contributed by atoms with Gasteiger partial charge in [-0.25, -0.2) is 17.2 Å². The molecule has 122 valence electrons. The molecule has 6 nitrogen and oxygen atoms in total. The predicted octanol–water partition coefficient (Wildman–Crippen LogP) is 0.444. The third-order valence-electron chi connectivity index (χ3n) is 3.37. The highest BCUT2D eigenvalue weighted by Gasteiger charge is 2.32. The van der Waals surface area contributed by atoms with Gasteiger partial charge in [0.15, 0.2) is 0 Å². The van der Waals surface area contributed by atoms with Gasteiger partial charge in [-0.15, -0.1) is 0 Å². The Kier molecular flexibility index (Phi) is 5.09. The molecular formula is C13H16F2N2O4S. The zero-order valence-electron chi connectivity index (χ0n) is 12.0. The molecule has 0 aliphatic carbocycles. The number of benzene rings is 1. The molecule has 1 aromatic rings. The second kappa shape index (κ2) is 6.67. The van der Waals surface area contributed by atoms with E-state index < -0.39 is 26.6 Å². The van der Waals surface area contributed by atoms with Crippen molar-refractivity contribution in [3.63, 3.8) is 0 Å². The maximum absolute atomic E-state index is 13.7. The van der Waals surface area contributed by atoms with E-state index in [1.54, 1.807) is 0 Å². The smallest absolute Gasteiger partial charge is 0.248 e. The highest BCUT2D eigenvalue weighted by Crippen LogP contribution is 2.21. The highest BCUT2D eigenvalue weighted by atomic mass is 32.2. The van der Waals surface area contributed by atoms with E-state index in [-0.39, 0.29) is 38.7 Å². The molecule has 22 heavy (non-hydrogen) atoms. The molecule has 0 atom stereocenters. The molecule has 1 aliphatic heterocycles. The van der Waals surface area contributed by atoms with Crippen LogP contribution in [-0.4, -0.2) is 63.4 Å². The predicted molar refractivity (Wildman–Crippen MR) is 73.6 cm³/mol. The largest absolute Gasteiger partial charge is 0.375 e. The molecule has 0 N–H and O–H groups in total.